The Bertz CT molecular complexity index is 617. The van der Waals surface area contributed by atoms with Crippen molar-refractivity contribution in [3.63, 3.8) is 0 Å². The van der Waals surface area contributed by atoms with E-state index in [1.54, 1.807) is 25.6 Å². The molecule has 2 aromatic rings. The fraction of sp³-hybridized carbons (Fsp3) is 0.385. The summed E-state index contributed by atoms with van der Waals surface area (Å²) in [7, 11) is 1.64. The number of methoxy groups -OCH3 is 1. The van der Waals surface area contributed by atoms with Crippen LogP contribution in [0.25, 0.3) is 0 Å². The van der Waals surface area contributed by atoms with Gasteiger partial charge in [-0.05, 0) is 12.5 Å². The minimum absolute atomic E-state index is 0.0374. The molecule has 0 aliphatic heterocycles. The maximum Gasteiger partial charge on any atom is 0.269 e. The zero-order valence-electron chi connectivity index (χ0n) is 11.8. The lowest BCUT2D eigenvalue weighted by Gasteiger charge is -2.11. The highest BCUT2D eigenvalue weighted by Gasteiger charge is 2.15. The van der Waals surface area contributed by atoms with E-state index < -0.39 is 0 Å². The molecule has 21 heavy (non-hydrogen) atoms. The predicted octanol–water partition coefficient (Wildman–Crippen LogP) is 2.69. The summed E-state index contributed by atoms with van der Waals surface area (Å²) in [6.45, 7) is 3.24. The first-order valence-electron chi connectivity index (χ1n) is 6.39. The average Bonchev–Trinajstić information content (AvgIpc) is 2.92. The fourth-order valence-electron chi connectivity index (χ4n) is 1.80. The molecular weight excluding hydrogens is 292 g/mol. The van der Waals surface area contributed by atoms with Crippen LogP contribution in [0.4, 0.5) is 5.69 Å². The van der Waals surface area contributed by atoms with Crippen molar-refractivity contribution in [2.45, 2.75) is 23.9 Å². The Kier molecular flexibility index (Phi) is 5.29. The van der Waals surface area contributed by atoms with Crippen LogP contribution in [0.3, 0.4) is 0 Å². The van der Waals surface area contributed by atoms with Gasteiger partial charge in [0.1, 0.15) is 6.33 Å². The highest BCUT2D eigenvalue weighted by atomic mass is 32.2. The molecule has 1 unspecified atom stereocenters. The van der Waals surface area contributed by atoms with Crippen LogP contribution in [-0.2, 0) is 11.3 Å². The van der Waals surface area contributed by atoms with Gasteiger partial charge in [-0.1, -0.05) is 23.9 Å². The van der Waals surface area contributed by atoms with Crippen LogP contribution in [-0.4, -0.2) is 33.4 Å². The van der Waals surface area contributed by atoms with Crippen LogP contribution in [0, 0.1) is 10.1 Å². The van der Waals surface area contributed by atoms with Crippen molar-refractivity contribution in [2.75, 3.05) is 13.7 Å². The Balaban J connectivity index is 2.11. The minimum Gasteiger partial charge on any atom is -0.383 e. The number of non-ortho nitro benzene ring substituents is 1. The van der Waals surface area contributed by atoms with Gasteiger partial charge in [-0.3, -0.25) is 10.1 Å². The number of rotatable bonds is 7. The van der Waals surface area contributed by atoms with Crippen molar-refractivity contribution in [1.82, 2.24) is 14.8 Å². The predicted molar refractivity (Wildman–Crippen MR) is 79.3 cm³/mol. The molecule has 8 heteroatoms. The normalized spacial score (nSPS) is 12.3. The molecule has 1 heterocycles. The lowest BCUT2D eigenvalue weighted by atomic mass is 10.1. The van der Waals surface area contributed by atoms with Gasteiger partial charge < -0.3 is 9.30 Å². The second-order valence-electron chi connectivity index (χ2n) is 4.41. The molecule has 1 atom stereocenters. The quantitative estimate of drug-likeness (QED) is 0.444. The van der Waals surface area contributed by atoms with Crippen LogP contribution in [0.5, 0.6) is 0 Å². The number of aromatic nitrogens is 3. The fourth-order valence-corrected chi connectivity index (χ4v) is 2.76. The summed E-state index contributed by atoms with van der Waals surface area (Å²) in [5, 5.41) is 19.6. The molecule has 0 bridgehead atoms. The molecule has 1 aromatic carbocycles. The van der Waals surface area contributed by atoms with E-state index in [1.807, 2.05) is 17.6 Å². The van der Waals surface area contributed by atoms with E-state index in [0.29, 0.717) is 13.2 Å². The zero-order chi connectivity index (χ0) is 15.2. The molecule has 0 aliphatic carbocycles. The van der Waals surface area contributed by atoms with Crippen LogP contribution in [0.15, 0.2) is 35.7 Å². The van der Waals surface area contributed by atoms with Crippen LogP contribution in [0.2, 0.25) is 0 Å². The Hall–Kier alpha value is -1.93. The molecule has 2 rings (SSSR count). The minimum atomic E-state index is -0.387. The third-order valence-electron chi connectivity index (χ3n) is 2.95. The van der Waals surface area contributed by atoms with E-state index in [9.17, 15) is 10.1 Å². The molecule has 0 fully saturated rings. The van der Waals surface area contributed by atoms with E-state index in [2.05, 4.69) is 10.2 Å². The van der Waals surface area contributed by atoms with Gasteiger partial charge in [0.15, 0.2) is 5.16 Å². The van der Waals surface area contributed by atoms with Crippen molar-refractivity contribution in [2.24, 2.45) is 0 Å². The Morgan fingerprint density at radius 2 is 2.33 bits per heavy atom. The maximum absolute atomic E-state index is 10.8. The molecule has 0 radical (unpaired) electrons. The first-order valence-corrected chi connectivity index (χ1v) is 7.27. The Morgan fingerprint density at radius 1 is 1.52 bits per heavy atom. The number of hydrogen-bond donors (Lipinski definition) is 0. The summed E-state index contributed by atoms with van der Waals surface area (Å²) >= 11 is 1.51. The summed E-state index contributed by atoms with van der Waals surface area (Å²) < 4.78 is 6.95. The topological polar surface area (TPSA) is 83.1 Å². The second-order valence-corrected chi connectivity index (χ2v) is 5.72. The summed E-state index contributed by atoms with van der Waals surface area (Å²) in [5.74, 6) is 0. The number of hydrogen-bond acceptors (Lipinski definition) is 6. The molecule has 0 saturated heterocycles. The van der Waals surface area contributed by atoms with Gasteiger partial charge in [0.25, 0.3) is 5.69 Å². The summed E-state index contributed by atoms with van der Waals surface area (Å²) in [6, 6.07) is 6.65. The van der Waals surface area contributed by atoms with Crippen LogP contribution >= 0.6 is 11.8 Å². The van der Waals surface area contributed by atoms with Crippen molar-refractivity contribution in [3.05, 3.63) is 46.3 Å². The molecule has 0 aliphatic rings. The van der Waals surface area contributed by atoms with Crippen LogP contribution < -0.4 is 0 Å². The molecule has 7 nitrogen and oxygen atoms in total. The van der Waals surface area contributed by atoms with Gasteiger partial charge in [0, 0.05) is 31.0 Å². The van der Waals surface area contributed by atoms with E-state index >= 15 is 0 Å². The van der Waals surface area contributed by atoms with Crippen molar-refractivity contribution < 1.29 is 9.66 Å². The first kappa shape index (κ1) is 15.5. The summed E-state index contributed by atoms with van der Waals surface area (Å²) in [6.07, 6.45) is 1.65. The Morgan fingerprint density at radius 3 is 3.05 bits per heavy atom. The smallest absolute Gasteiger partial charge is 0.269 e. The highest BCUT2D eigenvalue weighted by molar-refractivity contribution is 7.99. The summed E-state index contributed by atoms with van der Waals surface area (Å²) in [4.78, 5) is 10.4. The van der Waals surface area contributed by atoms with Crippen molar-refractivity contribution in [1.29, 1.82) is 0 Å². The molecular formula is C13H16N4O3S. The summed E-state index contributed by atoms with van der Waals surface area (Å²) in [5.41, 5.74) is 0.983. The number of nitro groups is 1. The van der Waals surface area contributed by atoms with Gasteiger partial charge in [-0.2, -0.15) is 0 Å². The van der Waals surface area contributed by atoms with E-state index in [1.165, 1.54) is 17.8 Å². The lowest BCUT2D eigenvalue weighted by molar-refractivity contribution is -0.384. The average molecular weight is 308 g/mol. The molecule has 0 spiro atoms. The molecule has 0 N–H and O–H groups in total. The van der Waals surface area contributed by atoms with Gasteiger partial charge in [0.05, 0.1) is 11.5 Å². The number of nitro benzene ring substituents is 1. The van der Waals surface area contributed by atoms with Gasteiger partial charge in [-0.25, -0.2) is 0 Å². The van der Waals surface area contributed by atoms with Gasteiger partial charge in [-0.15, -0.1) is 10.2 Å². The third-order valence-corrected chi connectivity index (χ3v) is 4.10. The van der Waals surface area contributed by atoms with Crippen molar-refractivity contribution in [3.8, 4) is 0 Å². The van der Waals surface area contributed by atoms with E-state index in [-0.39, 0.29) is 15.9 Å². The molecule has 1 aromatic heterocycles. The number of nitrogens with zero attached hydrogens (tertiary/aromatic N) is 4. The van der Waals surface area contributed by atoms with Gasteiger partial charge >= 0.3 is 0 Å². The maximum atomic E-state index is 10.8. The number of benzene rings is 1. The van der Waals surface area contributed by atoms with E-state index in [4.69, 9.17) is 4.74 Å². The lowest BCUT2D eigenvalue weighted by Crippen LogP contribution is -2.05. The highest BCUT2D eigenvalue weighted by Crippen LogP contribution is 2.34. The Labute approximate surface area is 126 Å². The molecule has 112 valence electrons. The molecule has 0 amide bonds. The van der Waals surface area contributed by atoms with Gasteiger partial charge in [0.2, 0.25) is 0 Å². The van der Waals surface area contributed by atoms with Crippen LogP contribution in [0.1, 0.15) is 17.7 Å². The molecule has 0 saturated carbocycles. The standard InChI is InChI=1S/C13H16N4O3S/c1-10(11-4-3-5-12(8-11)17(18)19)21-13-15-14-9-16(13)6-7-20-2/h3-5,8-10H,6-7H2,1-2H3. The SMILES string of the molecule is COCCn1cnnc1SC(C)c1cccc([N+](=O)[O-])c1. The van der Waals surface area contributed by atoms with E-state index in [0.717, 1.165) is 10.7 Å². The third kappa shape index (κ3) is 4.02. The number of ether oxygens (including phenoxy) is 1. The first-order chi connectivity index (χ1) is 10.1. The zero-order valence-corrected chi connectivity index (χ0v) is 12.6. The second kappa shape index (κ2) is 7.19. The largest absolute Gasteiger partial charge is 0.383 e. The number of thioether (sulfide) groups is 1. The monoisotopic (exact) mass is 308 g/mol. The van der Waals surface area contributed by atoms with Crippen molar-refractivity contribution >= 4 is 17.4 Å².